The van der Waals surface area contributed by atoms with Gasteiger partial charge in [0.1, 0.15) is 0 Å². The molecule has 6 heteroatoms. The number of hydrogen-bond acceptors (Lipinski definition) is 6. The molecule has 1 aromatic heterocycles. The van der Waals surface area contributed by atoms with Crippen molar-refractivity contribution in [1.29, 1.82) is 0 Å². The van der Waals surface area contributed by atoms with E-state index in [0.29, 0.717) is 11.9 Å². The molecule has 0 spiro atoms. The largest absolute Gasteiger partial charge is 0.354 e. The fourth-order valence-corrected chi connectivity index (χ4v) is 2.47. The summed E-state index contributed by atoms with van der Waals surface area (Å²) in [5.41, 5.74) is 0. The summed E-state index contributed by atoms with van der Waals surface area (Å²) in [5.74, 6) is 3.03. The zero-order valence-electron chi connectivity index (χ0n) is 13.1. The normalized spacial score (nSPS) is 16.3. The van der Waals surface area contributed by atoms with Gasteiger partial charge in [-0.2, -0.15) is 15.0 Å². The number of rotatable bonds is 5. The summed E-state index contributed by atoms with van der Waals surface area (Å²) in [7, 11) is 3.91. The summed E-state index contributed by atoms with van der Waals surface area (Å²) in [6.45, 7) is 7.22. The highest BCUT2D eigenvalue weighted by atomic mass is 15.3. The number of nitrogens with zero attached hydrogens (tertiary/aromatic N) is 5. The van der Waals surface area contributed by atoms with Crippen molar-refractivity contribution in [3.05, 3.63) is 0 Å². The summed E-state index contributed by atoms with van der Waals surface area (Å²) in [5, 5.41) is 3.19. The Hall–Kier alpha value is -1.59. The van der Waals surface area contributed by atoms with Crippen LogP contribution in [-0.4, -0.2) is 48.7 Å². The molecular formula is C14H26N6. The molecule has 1 N–H and O–H groups in total. The number of hydrogen-bond donors (Lipinski definition) is 1. The van der Waals surface area contributed by atoms with Crippen LogP contribution in [-0.2, 0) is 0 Å². The molecule has 1 saturated heterocycles. The summed E-state index contributed by atoms with van der Waals surface area (Å²) in [6, 6.07) is 0. The van der Waals surface area contributed by atoms with E-state index in [1.165, 1.54) is 19.3 Å². The maximum atomic E-state index is 4.58. The molecule has 0 aliphatic carbocycles. The first kappa shape index (κ1) is 14.8. The highest BCUT2D eigenvalue weighted by molar-refractivity contribution is 5.44. The van der Waals surface area contributed by atoms with Crippen LogP contribution in [0.25, 0.3) is 0 Å². The highest BCUT2D eigenvalue weighted by Gasteiger charge is 2.21. The molecule has 0 atom stereocenters. The second-order valence-electron chi connectivity index (χ2n) is 5.52. The van der Waals surface area contributed by atoms with Gasteiger partial charge in [-0.05, 0) is 25.7 Å². The standard InChI is InChI=1S/C14H26N6/c1-5-11-7-9-20(10-8-11)14-17-12(15-6-2)16-13(18-14)19(3)4/h11H,5-10H2,1-4H3,(H,15,16,17,18). The second-order valence-corrected chi connectivity index (χ2v) is 5.52. The van der Waals surface area contributed by atoms with Gasteiger partial charge in [0.2, 0.25) is 17.8 Å². The van der Waals surface area contributed by atoms with E-state index in [9.17, 15) is 0 Å². The average molecular weight is 278 g/mol. The molecule has 0 bridgehead atoms. The lowest BCUT2D eigenvalue weighted by Crippen LogP contribution is -2.35. The Morgan fingerprint density at radius 2 is 1.85 bits per heavy atom. The molecule has 1 aliphatic rings. The third-order valence-corrected chi connectivity index (χ3v) is 3.82. The molecule has 1 fully saturated rings. The van der Waals surface area contributed by atoms with Crippen molar-refractivity contribution in [1.82, 2.24) is 15.0 Å². The minimum absolute atomic E-state index is 0.666. The number of piperidine rings is 1. The molecule has 0 amide bonds. The van der Waals surface area contributed by atoms with Gasteiger partial charge in [-0.1, -0.05) is 13.3 Å². The summed E-state index contributed by atoms with van der Waals surface area (Å²) < 4.78 is 0. The Labute approximate surface area is 121 Å². The maximum Gasteiger partial charge on any atom is 0.231 e. The minimum Gasteiger partial charge on any atom is -0.354 e. The van der Waals surface area contributed by atoms with Gasteiger partial charge in [0.25, 0.3) is 0 Å². The van der Waals surface area contributed by atoms with Crippen molar-refractivity contribution in [3.8, 4) is 0 Å². The van der Waals surface area contributed by atoms with Gasteiger partial charge >= 0.3 is 0 Å². The van der Waals surface area contributed by atoms with Crippen LogP contribution in [0.1, 0.15) is 33.1 Å². The highest BCUT2D eigenvalue weighted by Crippen LogP contribution is 2.24. The van der Waals surface area contributed by atoms with E-state index in [4.69, 9.17) is 0 Å². The third-order valence-electron chi connectivity index (χ3n) is 3.82. The van der Waals surface area contributed by atoms with Crippen LogP contribution >= 0.6 is 0 Å². The van der Waals surface area contributed by atoms with Crippen LogP contribution in [0.2, 0.25) is 0 Å². The molecule has 0 saturated carbocycles. The first-order valence-corrected chi connectivity index (χ1v) is 7.56. The number of aromatic nitrogens is 3. The van der Waals surface area contributed by atoms with Crippen molar-refractivity contribution in [3.63, 3.8) is 0 Å². The summed E-state index contributed by atoms with van der Waals surface area (Å²) in [4.78, 5) is 17.7. The van der Waals surface area contributed by atoms with Crippen molar-refractivity contribution < 1.29 is 0 Å². The number of anilines is 3. The molecule has 1 aromatic rings. The quantitative estimate of drug-likeness (QED) is 0.889. The lowest BCUT2D eigenvalue weighted by molar-refractivity contribution is 0.392. The molecule has 0 aromatic carbocycles. The molecule has 2 rings (SSSR count). The van der Waals surface area contributed by atoms with Crippen molar-refractivity contribution >= 4 is 17.8 Å². The first-order chi connectivity index (χ1) is 9.63. The molecule has 2 heterocycles. The van der Waals surface area contributed by atoms with E-state index in [1.54, 1.807) is 0 Å². The molecular weight excluding hydrogens is 252 g/mol. The Balaban J connectivity index is 2.17. The van der Waals surface area contributed by atoms with Gasteiger partial charge in [-0.25, -0.2) is 0 Å². The third kappa shape index (κ3) is 3.49. The zero-order valence-corrected chi connectivity index (χ0v) is 13.1. The van der Waals surface area contributed by atoms with Gasteiger partial charge in [0, 0.05) is 33.7 Å². The molecule has 20 heavy (non-hydrogen) atoms. The van der Waals surface area contributed by atoms with E-state index in [1.807, 2.05) is 25.9 Å². The predicted molar refractivity (Wildman–Crippen MR) is 83.5 cm³/mol. The molecule has 112 valence electrons. The Morgan fingerprint density at radius 3 is 2.40 bits per heavy atom. The minimum atomic E-state index is 0.666. The lowest BCUT2D eigenvalue weighted by Gasteiger charge is -2.31. The second kappa shape index (κ2) is 6.72. The van der Waals surface area contributed by atoms with Gasteiger partial charge in [-0.15, -0.1) is 0 Å². The Morgan fingerprint density at radius 1 is 1.15 bits per heavy atom. The van der Waals surface area contributed by atoms with Crippen LogP contribution in [0.15, 0.2) is 0 Å². The van der Waals surface area contributed by atoms with Crippen molar-refractivity contribution in [2.24, 2.45) is 5.92 Å². The maximum absolute atomic E-state index is 4.58. The molecule has 6 nitrogen and oxygen atoms in total. The fourth-order valence-electron chi connectivity index (χ4n) is 2.47. The van der Waals surface area contributed by atoms with Crippen molar-refractivity contribution in [2.75, 3.05) is 48.8 Å². The van der Waals surface area contributed by atoms with E-state index in [2.05, 4.69) is 32.1 Å². The van der Waals surface area contributed by atoms with Gasteiger partial charge in [-0.3, -0.25) is 0 Å². The van der Waals surface area contributed by atoms with Gasteiger partial charge < -0.3 is 15.1 Å². The predicted octanol–water partition coefficient (Wildman–Crippen LogP) is 2.00. The van der Waals surface area contributed by atoms with E-state index in [0.717, 1.165) is 31.5 Å². The summed E-state index contributed by atoms with van der Waals surface area (Å²) in [6.07, 6.45) is 3.74. The van der Waals surface area contributed by atoms with Gasteiger partial charge in [0.05, 0.1) is 0 Å². The van der Waals surface area contributed by atoms with Crippen LogP contribution in [0.5, 0.6) is 0 Å². The van der Waals surface area contributed by atoms with E-state index in [-0.39, 0.29) is 0 Å². The topological polar surface area (TPSA) is 57.2 Å². The average Bonchev–Trinajstić information content (AvgIpc) is 2.47. The first-order valence-electron chi connectivity index (χ1n) is 7.56. The Bertz CT molecular complexity index is 426. The number of nitrogens with one attached hydrogen (secondary N) is 1. The molecule has 0 radical (unpaired) electrons. The molecule has 0 unspecified atom stereocenters. The SMILES string of the molecule is CCNc1nc(N(C)C)nc(N2CCC(CC)CC2)n1. The van der Waals surface area contributed by atoms with E-state index < -0.39 is 0 Å². The zero-order chi connectivity index (χ0) is 14.5. The van der Waals surface area contributed by atoms with Crippen LogP contribution in [0.4, 0.5) is 17.8 Å². The molecule has 1 aliphatic heterocycles. The van der Waals surface area contributed by atoms with Gasteiger partial charge in [0.15, 0.2) is 0 Å². The van der Waals surface area contributed by atoms with Crippen LogP contribution in [0, 0.1) is 5.92 Å². The Kier molecular flexibility index (Phi) is 4.98. The summed E-state index contributed by atoms with van der Waals surface area (Å²) >= 11 is 0. The van der Waals surface area contributed by atoms with E-state index >= 15 is 0 Å². The van der Waals surface area contributed by atoms with Crippen LogP contribution < -0.4 is 15.1 Å². The monoisotopic (exact) mass is 278 g/mol. The lowest BCUT2D eigenvalue weighted by atomic mass is 9.95. The fraction of sp³-hybridized carbons (Fsp3) is 0.786. The van der Waals surface area contributed by atoms with Crippen molar-refractivity contribution in [2.45, 2.75) is 33.1 Å². The van der Waals surface area contributed by atoms with Crippen LogP contribution in [0.3, 0.4) is 0 Å². The smallest absolute Gasteiger partial charge is 0.231 e.